The van der Waals surface area contributed by atoms with E-state index in [1.165, 1.54) is 12.5 Å². The molecule has 2 rings (SSSR count). The Labute approximate surface area is 119 Å². The molecular formula is C16H22FNO2. The van der Waals surface area contributed by atoms with Crippen LogP contribution in [0.15, 0.2) is 18.2 Å². The van der Waals surface area contributed by atoms with Crippen molar-refractivity contribution in [2.75, 3.05) is 13.1 Å². The number of halogens is 1. The van der Waals surface area contributed by atoms with Gasteiger partial charge in [0.05, 0.1) is 12.1 Å². The Balaban J connectivity index is 2.07. The number of phenolic OH excluding ortho intramolecular Hbond substituents is 1. The molecular weight excluding hydrogens is 257 g/mol. The van der Waals surface area contributed by atoms with Crippen LogP contribution in [-0.4, -0.2) is 34.9 Å². The Hall–Kier alpha value is -1.42. The second-order valence-corrected chi connectivity index (χ2v) is 5.49. The molecule has 0 aliphatic carbocycles. The zero-order chi connectivity index (χ0) is 14.5. The Morgan fingerprint density at radius 3 is 3.00 bits per heavy atom. The highest BCUT2D eigenvalue weighted by Gasteiger charge is 2.24. The summed E-state index contributed by atoms with van der Waals surface area (Å²) in [5.74, 6) is -0.833. The van der Waals surface area contributed by atoms with Gasteiger partial charge in [-0.1, -0.05) is 19.8 Å². The van der Waals surface area contributed by atoms with Gasteiger partial charge in [0, 0.05) is 6.04 Å². The molecule has 3 nitrogen and oxygen atoms in total. The van der Waals surface area contributed by atoms with Crippen molar-refractivity contribution in [2.24, 2.45) is 0 Å². The topological polar surface area (TPSA) is 40.5 Å². The largest absolute Gasteiger partial charge is 0.507 e. The first kappa shape index (κ1) is 15.0. The molecule has 0 aromatic heterocycles. The summed E-state index contributed by atoms with van der Waals surface area (Å²) in [6.45, 7) is 3.32. The standard InChI is InChI=1S/C16H22FNO2/c1-2-5-13-6-3-4-9-18(13)11-16(20)14-10-12(17)7-8-15(14)19/h7-8,10,13,19H,2-6,9,11H2,1H3. The highest BCUT2D eigenvalue weighted by molar-refractivity contribution is 6.00. The van der Waals surface area contributed by atoms with Crippen LogP contribution in [0.5, 0.6) is 5.75 Å². The molecule has 0 amide bonds. The average molecular weight is 279 g/mol. The summed E-state index contributed by atoms with van der Waals surface area (Å²) in [5.41, 5.74) is 0.0887. The van der Waals surface area contributed by atoms with Crippen molar-refractivity contribution < 1.29 is 14.3 Å². The first-order valence-corrected chi connectivity index (χ1v) is 7.37. The third-order valence-corrected chi connectivity index (χ3v) is 3.98. The molecule has 4 heteroatoms. The lowest BCUT2D eigenvalue weighted by atomic mass is 9.97. The SMILES string of the molecule is CCCC1CCCCN1CC(=O)c1cc(F)ccc1O. The maximum absolute atomic E-state index is 13.2. The number of Topliss-reactive ketones (excluding diaryl/α,β-unsaturated/α-hetero) is 1. The van der Waals surface area contributed by atoms with E-state index < -0.39 is 5.82 Å². The molecule has 0 spiro atoms. The lowest BCUT2D eigenvalue weighted by Gasteiger charge is -2.35. The minimum atomic E-state index is -0.491. The Morgan fingerprint density at radius 1 is 1.45 bits per heavy atom. The lowest BCUT2D eigenvalue weighted by Crippen LogP contribution is -2.42. The second kappa shape index (κ2) is 6.84. The van der Waals surface area contributed by atoms with E-state index in [2.05, 4.69) is 11.8 Å². The Morgan fingerprint density at radius 2 is 2.25 bits per heavy atom. The molecule has 1 saturated heterocycles. The van der Waals surface area contributed by atoms with Gasteiger partial charge < -0.3 is 5.11 Å². The molecule has 1 aromatic rings. The maximum atomic E-state index is 13.2. The molecule has 1 unspecified atom stereocenters. The van der Waals surface area contributed by atoms with E-state index in [1.807, 2.05) is 0 Å². The second-order valence-electron chi connectivity index (χ2n) is 5.49. The van der Waals surface area contributed by atoms with Crippen LogP contribution >= 0.6 is 0 Å². The van der Waals surface area contributed by atoms with Crippen LogP contribution in [0.25, 0.3) is 0 Å². The third kappa shape index (κ3) is 3.57. The van der Waals surface area contributed by atoms with E-state index in [1.54, 1.807) is 0 Å². The van der Waals surface area contributed by atoms with Gasteiger partial charge in [-0.05, 0) is 44.0 Å². The normalized spacial score (nSPS) is 20.0. The van der Waals surface area contributed by atoms with Gasteiger partial charge in [0.25, 0.3) is 0 Å². The minimum Gasteiger partial charge on any atom is -0.507 e. The number of phenols is 1. The van der Waals surface area contributed by atoms with E-state index in [0.717, 1.165) is 44.4 Å². The van der Waals surface area contributed by atoms with Crippen LogP contribution < -0.4 is 0 Å². The minimum absolute atomic E-state index is 0.0887. The van der Waals surface area contributed by atoms with Gasteiger partial charge in [0.2, 0.25) is 0 Å². The van der Waals surface area contributed by atoms with Gasteiger partial charge in [-0.2, -0.15) is 0 Å². The van der Waals surface area contributed by atoms with Crippen molar-refractivity contribution in [1.29, 1.82) is 0 Å². The summed E-state index contributed by atoms with van der Waals surface area (Å²) < 4.78 is 13.2. The van der Waals surface area contributed by atoms with Crippen molar-refractivity contribution in [3.8, 4) is 5.75 Å². The molecule has 1 fully saturated rings. The number of rotatable bonds is 5. The molecule has 0 saturated carbocycles. The Bertz CT molecular complexity index is 474. The first-order valence-electron chi connectivity index (χ1n) is 7.37. The number of hydrogen-bond donors (Lipinski definition) is 1. The van der Waals surface area contributed by atoms with Crippen LogP contribution in [0.2, 0.25) is 0 Å². The predicted octanol–water partition coefficient (Wildman–Crippen LogP) is 3.37. The van der Waals surface area contributed by atoms with Gasteiger partial charge in [0.1, 0.15) is 11.6 Å². The monoisotopic (exact) mass is 279 g/mol. The number of benzene rings is 1. The number of likely N-dealkylation sites (tertiary alicyclic amines) is 1. The first-order chi connectivity index (χ1) is 9.61. The molecule has 20 heavy (non-hydrogen) atoms. The highest BCUT2D eigenvalue weighted by atomic mass is 19.1. The molecule has 1 aliphatic heterocycles. The van der Waals surface area contributed by atoms with Gasteiger partial charge >= 0.3 is 0 Å². The number of nitrogens with zero attached hydrogens (tertiary/aromatic N) is 1. The summed E-state index contributed by atoms with van der Waals surface area (Å²) in [7, 11) is 0. The van der Waals surface area contributed by atoms with E-state index in [4.69, 9.17) is 0 Å². The van der Waals surface area contributed by atoms with Crippen molar-refractivity contribution >= 4 is 5.78 Å². The fourth-order valence-electron chi connectivity index (χ4n) is 2.93. The predicted molar refractivity (Wildman–Crippen MR) is 76.5 cm³/mol. The average Bonchev–Trinajstić information content (AvgIpc) is 2.44. The van der Waals surface area contributed by atoms with Crippen molar-refractivity contribution in [3.05, 3.63) is 29.6 Å². The summed E-state index contributed by atoms with van der Waals surface area (Å²) in [5, 5.41) is 9.70. The van der Waals surface area contributed by atoms with Crippen molar-refractivity contribution in [1.82, 2.24) is 4.90 Å². The van der Waals surface area contributed by atoms with Gasteiger partial charge in [-0.25, -0.2) is 4.39 Å². The Kier molecular flexibility index (Phi) is 5.12. The quantitative estimate of drug-likeness (QED) is 0.840. The molecule has 0 radical (unpaired) electrons. The molecule has 1 aromatic carbocycles. The van der Waals surface area contributed by atoms with Crippen LogP contribution in [0.4, 0.5) is 4.39 Å². The number of hydrogen-bond acceptors (Lipinski definition) is 3. The van der Waals surface area contributed by atoms with E-state index in [-0.39, 0.29) is 23.6 Å². The van der Waals surface area contributed by atoms with E-state index >= 15 is 0 Å². The number of carbonyl (C=O) groups is 1. The van der Waals surface area contributed by atoms with E-state index in [9.17, 15) is 14.3 Å². The number of ketones is 1. The highest BCUT2D eigenvalue weighted by Crippen LogP contribution is 2.23. The molecule has 110 valence electrons. The molecule has 1 atom stereocenters. The molecule has 1 N–H and O–H groups in total. The number of aromatic hydroxyl groups is 1. The lowest BCUT2D eigenvalue weighted by molar-refractivity contribution is 0.0828. The van der Waals surface area contributed by atoms with Crippen LogP contribution in [0.3, 0.4) is 0 Å². The van der Waals surface area contributed by atoms with Crippen molar-refractivity contribution in [2.45, 2.75) is 45.1 Å². The maximum Gasteiger partial charge on any atom is 0.180 e. The number of carbonyl (C=O) groups excluding carboxylic acids is 1. The zero-order valence-corrected chi connectivity index (χ0v) is 11.9. The molecule has 1 aliphatic rings. The summed E-state index contributed by atoms with van der Waals surface area (Å²) in [6.07, 6.45) is 5.61. The molecule has 1 heterocycles. The van der Waals surface area contributed by atoms with Crippen LogP contribution in [0.1, 0.15) is 49.4 Å². The van der Waals surface area contributed by atoms with Gasteiger partial charge in [-0.3, -0.25) is 9.69 Å². The fourth-order valence-corrected chi connectivity index (χ4v) is 2.93. The van der Waals surface area contributed by atoms with Gasteiger partial charge in [0.15, 0.2) is 5.78 Å². The van der Waals surface area contributed by atoms with Gasteiger partial charge in [-0.15, -0.1) is 0 Å². The fraction of sp³-hybridized carbons (Fsp3) is 0.562. The smallest absolute Gasteiger partial charge is 0.180 e. The summed E-state index contributed by atoms with van der Waals surface area (Å²) in [4.78, 5) is 14.4. The summed E-state index contributed by atoms with van der Waals surface area (Å²) in [6, 6.07) is 3.96. The molecule has 0 bridgehead atoms. The number of piperidine rings is 1. The van der Waals surface area contributed by atoms with Crippen LogP contribution in [0, 0.1) is 5.82 Å². The third-order valence-electron chi connectivity index (χ3n) is 3.98. The van der Waals surface area contributed by atoms with E-state index in [0.29, 0.717) is 6.04 Å². The van der Waals surface area contributed by atoms with Crippen molar-refractivity contribution in [3.63, 3.8) is 0 Å². The van der Waals surface area contributed by atoms with Crippen LogP contribution in [-0.2, 0) is 0 Å². The zero-order valence-electron chi connectivity index (χ0n) is 11.9. The summed E-state index contributed by atoms with van der Waals surface area (Å²) >= 11 is 0.